The third kappa shape index (κ3) is 2.59. The van der Waals surface area contributed by atoms with Crippen LogP contribution in [0.3, 0.4) is 0 Å². The number of halogens is 1. The number of nitrogens with zero attached hydrogens (tertiary/aromatic N) is 1. The van der Waals surface area contributed by atoms with Gasteiger partial charge in [0.2, 0.25) is 0 Å². The fourth-order valence-electron chi connectivity index (χ4n) is 1.92. The molecule has 0 bridgehead atoms. The summed E-state index contributed by atoms with van der Waals surface area (Å²) >= 11 is 3.52. The summed E-state index contributed by atoms with van der Waals surface area (Å²) in [6.45, 7) is 2.12. The number of likely N-dealkylation sites (tertiary alicyclic amines) is 1. The predicted octanol–water partition coefficient (Wildman–Crippen LogP) is 3.06. The summed E-state index contributed by atoms with van der Waals surface area (Å²) in [7, 11) is 0. The molecule has 1 aromatic carbocycles. The van der Waals surface area contributed by atoms with E-state index in [0.717, 1.165) is 29.8 Å². The van der Waals surface area contributed by atoms with Gasteiger partial charge < -0.3 is 4.90 Å². The van der Waals surface area contributed by atoms with Crippen LogP contribution in [0.1, 0.15) is 18.4 Å². The van der Waals surface area contributed by atoms with Crippen molar-refractivity contribution in [2.24, 2.45) is 0 Å². The number of nitrogens with one attached hydrogen (secondary N) is 1. The van der Waals surface area contributed by atoms with Gasteiger partial charge in [-0.3, -0.25) is 5.41 Å². The summed E-state index contributed by atoms with van der Waals surface area (Å²) in [4.78, 5) is 2.18. The number of amidine groups is 1. The molecule has 1 aromatic rings. The van der Waals surface area contributed by atoms with E-state index in [2.05, 4.69) is 26.9 Å². The molecule has 0 aromatic heterocycles. The smallest absolute Gasteiger partial charge is 0.100 e. The molecule has 2 nitrogen and oxygen atoms in total. The van der Waals surface area contributed by atoms with Crippen LogP contribution in [-0.2, 0) is 6.42 Å². The second kappa shape index (κ2) is 4.79. The molecule has 0 spiro atoms. The largest absolute Gasteiger partial charge is 0.360 e. The number of hydrogen-bond donors (Lipinski definition) is 1. The maximum atomic E-state index is 8.03. The second-order valence-corrected chi connectivity index (χ2v) is 4.76. The van der Waals surface area contributed by atoms with Gasteiger partial charge in [0.15, 0.2) is 0 Å². The molecule has 0 unspecified atom stereocenters. The van der Waals surface area contributed by atoms with Crippen molar-refractivity contribution in [2.45, 2.75) is 19.3 Å². The minimum atomic E-state index is 0.738. The molecule has 2 rings (SSSR count). The van der Waals surface area contributed by atoms with Crippen molar-refractivity contribution in [2.75, 3.05) is 13.1 Å². The van der Waals surface area contributed by atoms with Crippen LogP contribution in [0.4, 0.5) is 0 Å². The Hall–Kier alpha value is -0.830. The van der Waals surface area contributed by atoms with Gasteiger partial charge in [0.05, 0.1) is 0 Å². The molecule has 1 heterocycles. The van der Waals surface area contributed by atoms with Crippen LogP contribution in [-0.4, -0.2) is 23.8 Å². The molecule has 0 saturated carbocycles. The lowest BCUT2D eigenvalue weighted by Crippen LogP contribution is -2.28. The minimum Gasteiger partial charge on any atom is -0.360 e. The monoisotopic (exact) mass is 266 g/mol. The van der Waals surface area contributed by atoms with Crippen molar-refractivity contribution in [3.05, 3.63) is 34.3 Å². The van der Waals surface area contributed by atoms with Gasteiger partial charge in [0, 0.05) is 24.0 Å². The van der Waals surface area contributed by atoms with Crippen molar-refractivity contribution in [1.29, 1.82) is 5.41 Å². The lowest BCUT2D eigenvalue weighted by molar-refractivity contribution is 0.506. The maximum Gasteiger partial charge on any atom is 0.100 e. The molecule has 1 fully saturated rings. The first kappa shape index (κ1) is 10.7. The Morgan fingerprint density at radius 3 is 2.60 bits per heavy atom. The molecule has 0 aliphatic carbocycles. The maximum absolute atomic E-state index is 8.03. The summed E-state index contributed by atoms with van der Waals surface area (Å²) in [5, 5.41) is 8.03. The number of hydrogen-bond acceptors (Lipinski definition) is 1. The fourth-order valence-corrected chi connectivity index (χ4v) is 2.35. The Kier molecular flexibility index (Phi) is 3.41. The molecule has 1 aliphatic heterocycles. The highest BCUT2D eigenvalue weighted by atomic mass is 79.9. The molecule has 0 radical (unpaired) electrons. The molecule has 0 amide bonds. The van der Waals surface area contributed by atoms with E-state index in [4.69, 9.17) is 5.41 Å². The highest BCUT2D eigenvalue weighted by Gasteiger charge is 2.15. The van der Waals surface area contributed by atoms with E-state index < -0.39 is 0 Å². The van der Waals surface area contributed by atoms with Crippen molar-refractivity contribution >= 4 is 21.8 Å². The molecule has 1 saturated heterocycles. The first-order valence-electron chi connectivity index (χ1n) is 5.33. The van der Waals surface area contributed by atoms with Crippen LogP contribution < -0.4 is 0 Å². The quantitative estimate of drug-likeness (QED) is 0.647. The highest BCUT2D eigenvalue weighted by molar-refractivity contribution is 9.10. The lowest BCUT2D eigenvalue weighted by atomic mass is 10.1. The van der Waals surface area contributed by atoms with E-state index in [-0.39, 0.29) is 0 Å². The normalized spacial score (nSPS) is 15.7. The van der Waals surface area contributed by atoms with Crippen LogP contribution in [0.15, 0.2) is 28.7 Å². The summed E-state index contributed by atoms with van der Waals surface area (Å²) in [6, 6.07) is 8.14. The molecular weight excluding hydrogens is 252 g/mol. The van der Waals surface area contributed by atoms with Crippen molar-refractivity contribution in [3.8, 4) is 0 Å². The summed E-state index contributed by atoms with van der Waals surface area (Å²) in [6.07, 6.45) is 3.21. The third-order valence-electron chi connectivity index (χ3n) is 2.80. The van der Waals surface area contributed by atoms with E-state index in [1.165, 1.54) is 18.4 Å². The van der Waals surface area contributed by atoms with Crippen LogP contribution in [0.5, 0.6) is 0 Å². The second-order valence-electron chi connectivity index (χ2n) is 3.91. The van der Waals surface area contributed by atoms with Gasteiger partial charge in [-0.1, -0.05) is 34.1 Å². The van der Waals surface area contributed by atoms with E-state index in [1.54, 1.807) is 0 Å². The van der Waals surface area contributed by atoms with Gasteiger partial charge in [-0.25, -0.2) is 0 Å². The predicted molar refractivity (Wildman–Crippen MR) is 66.4 cm³/mol. The SMILES string of the molecule is N=C(Cc1ccccc1Br)N1CCCC1. The zero-order valence-electron chi connectivity index (χ0n) is 8.67. The first-order valence-corrected chi connectivity index (χ1v) is 6.12. The van der Waals surface area contributed by atoms with Crippen molar-refractivity contribution in [1.82, 2.24) is 4.90 Å². The van der Waals surface area contributed by atoms with Gasteiger partial charge in [-0.05, 0) is 24.5 Å². The topological polar surface area (TPSA) is 27.1 Å². The zero-order valence-corrected chi connectivity index (χ0v) is 10.3. The summed E-state index contributed by atoms with van der Waals surface area (Å²) < 4.78 is 1.11. The molecule has 1 N–H and O–H groups in total. The molecular formula is C12H15BrN2. The summed E-state index contributed by atoms with van der Waals surface area (Å²) in [5.74, 6) is 0.749. The number of benzene rings is 1. The highest BCUT2D eigenvalue weighted by Crippen LogP contribution is 2.18. The van der Waals surface area contributed by atoms with Crippen molar-refractivity contribution in [3.63, 3.8) is 0 Å². The van der Waals surface area contributed by atoms with Crippen LogP contribution in [0, 0.1) is 5.41 Å². The average Bonchev–Trinajstić information content (AvgIpc) is 2.74. The first-order chi connectivity index (χ1) is 7.27. The fraction of sp³-hybridized carbons (Fsp3) is 0.417. The van der Waals surface area contributed by atoms with Crippen LogP contribution in [0.2, 0.25) is 0 Å². The Balaban J connectivity index is 2.02. The van der Waals surface area contributed by atoms with Crippen molar-refractivity contribution < 1.29 is 0 Å². The lowest BCUT2D eigenvalue weighted by Gasteiger charge is -2.18. The van der Waals surface area contributed by atoms with Gasteiger partial charge in [0.1, 0.15) is 5.84 Å². The number of rotatable bonds is 2. The molecule has 80 valence electrons. The van der Waals surface area contributed by atoms with E-state index >= 15 is 0 Å². The van der Waals surface area contributed by atoms with Gasteiger partial charge >= 0.3 is 0 Å². The molecule has 15 heavy (non-hydrogen) atoms. The third-order valence-corrected chi connectivity index (χ3v) is 3.58. The molecule has 0 atom stereocenters. The average molecular weight is 267 g/mol. The van der Waals surface area contributed by atoms with Crippen LogP contribution in [0.25, 0.3) is 0 Å². The van der Waals surface area contributed by atoms with E-state index in [9.17, 15) is 0 Å². The van der Waals surface area contributed by atoms with E-state index in [0.29, 0.717) is 0 Å². The molecule has 1 aliphatic rings. The standard InChI is InChI=1S/C12H15BrN2/c13-11-6-2-1-5-10(11)9-12(14)15-7-3-4-8-15/h1-2,5-6,14H,3-4,7-9H2. The zero-order chi connectivity index (χ0) is 10.7. The van der Waals surface area contributed by atoms with Gasteiger partial charge in [-0.15, -0.1) is 0 Å². The van der Waals surface area contributed by atoms with Gasteiger partial charge in [0.25, 0.3) is 0 Å². The Morgan fingerprint density at radius 2 is 1.93 bits per heavy atom. The Bertz CT molecular complexity index is 356. The Morgan fingerprint density at radius 1 is 1.27 bits per heavy atom. The Labute approximate surface area is 98.9 Å². The summed E-state index contributed by atoms with van der Waals surface area (Å²) in [5.41, 5.74) is 1.20. The van der Waals surface area contributed by atoms with Gasteiger partial charge in [-0.2, -0.15) is 0 Å². The van der Waals surface area contributed by atoms with E-state index in [1.807, 2.05) is 18.2 Å². The molecule has 3 heteroatoms. The minimum absolute atomic E-state index is 0.738. The van der Waals surface area contributed by atoms with Crippen LogP contribution >= 0.6 is 15.9 Å².